The van der Waals surface area contributed by atoms with Gasteiger partial charge in [0.25, 0.3) is 0 Å². The molecule has 1 aromatic carbocycles. The lowest BCUT2D eigenvalue weighted by Gasteiger charge is -2.37. The van der Waals surface area contributed by atoms with Gasteiger partial charge in [0.2, 0.25) is 0 Å². The SMILES string of the molecule is C=CCCC1CCC(C2CCC(COc3ccc(F)cc3)CC2)CC1. The first-order valence-corrected chi connectivity index (χ1v) is 10.2. The Morgan fingerprint density at radius 1 is 0.880 bits per heavy atom. The van der Waals surface area contributed by atoms with E-state index in [0.29, 0.717) is 5.92 Å². The lowest BCUT2D eigenvalue weighted by molar-refractivity contribution is 0.122. The number of hydrogen-bond donors (Lipinski definition) is 0. The maximum Gasteiger partial charge on any atom is 0.123 e. The summed E-state index contributed by atoms with van der Waals surface area (Å²) in [7, 11) is 0. The van der Waals surface area contributed by atoms with E-state index in [1.54, 1.807) is 12.1 Å². The number of allylic oxidation sites excluding steroid dienone is 1. The average Bonchev–Trinajstić information content (AvgIpc) is 2.67. The summed E-state index contributed by atoms with van der Waals surface area (Å²) in [5.74, 6) is 4.13. The van der Waals surface area contributed by atoms with Crippen molar-refractivity contribution in [2.45, 2.75) is 64.2 Å². The van der Waals surface area contributed by atoms with Gasteiger partial charge in [-0.2, -0.15) is 0 Å². The maximum absolute atomic E-state index is 12.9. The van der Waals surface area contributed by atoms with Crippen LogP contribution in [0, 0.1) is 29.5 Å². The molecule has 0 spiro atoms. The van der Waals surface area contributed by atoms with Gasteiger partial charge in [-0.3, -0.25) is 0 Å². The van der Waals surface area contributed by atoms with E-state index in [-0.39, 0.29) is 5.82 Å². The van der Waals surface area contributed by atoms with Crippen LogP contribution in [0.25, 0.3) is 0 Å². The molecule has 0 atom stereocenters. The highest BCUT2D eigenvalue weighted by molar-refractivity contribution is 5.22. The normalized spacial score (nSPS) is 30.0. The number of rotatable bonds is 7. The molecule has 138 valence electrons. The fourth-order valence-electron chi connectivity index (χ4n) is 4.87. The highest BCUT2D eigenvalue weighted by Gasteiger charge is 2.30. The van der Waals surface area contributed by atoms with Crippen molar-refractivity contribution >= 4 is 0 Å². The molecule has 2 aliphatic rings. The molecule has 0 heterocycles. The second-order valence-electron chi connectivity index (χ2n) is 8.19. The second kappa shape index (κ2) is 9.40. The molecule has 1 nitrogen and oxygen atoms in total. The third-order valence-electron chi connectivity index (χ3n) is 6.53. The number of halogens is 1. The summed E-state index contributed by atoms with van der Waals surface area (Å²) in [5.41, 5.74) is 0. The van der Waals surface area contributed by atoms with Crippen molar-refractivity contribution in [1.29, 1.82) is 0 Å². The molecule has 0 bridgehead atoms. The van der Waals surface area contributed by atoms with Crippen LogP contribution < -0.4 is 4.74 Å². The van der Waals surface area contributed by atoms with Crippen LogP contribution in [0.1, 0.15) is 64.2 Å². The monoisotopic (exact) mass is 344 g/mol. The van der Waals surface area contributed by atoms with Crippen LogP contribution in [0.5, 0.6) is 5.75 Å². The van der Waals surface area contributed by atoms with Crippen molar-refractivity contribution in [2.24, 2.45) is 23.7 Å². The van der Waals surface area contributed by atoms with Gasteiger partial charge in [-0.1, -0.05) is 18.9 Å². The summed E-state index contributed by atoms with van der Waals surface area (Å²) < 4.78 is 18.8. The third-order valence-corrected chi connectivity index (χ3v) is 6.53. The minimum Gasteiger partial charge on any atom is -0.493 e. The number of hydrogen-bond acceptors (Lipinski definition) is 1. The smallest absolute Gasteiger partial charge is 0.123 e. The molecule has 0 N–H and O–H groups in total. The predicted octanol–water partition coefficient (Wildman–Crippen LogP) is 6.78. The van der Waals surface area contributed by atoms with Crippen LogP contribution in [0.4, 0.5) is 4.39 Å². The van der Waals surface area contributed by atoms with E-state index in [1.807, 2.05) is 0 Å². The summed E-state index contributed by atoms with van der Waals surface area (Å²) in [5, 5.41) is 0. The van der Waals surface area contributed by atoms with E-state index in [4.69, 9.17) is 4.74 Å². The van der Waals surface area contributed by atoms with Crippen molar-refractivity contribution in [3.63, 3.8) is 0 Å². The zero-order valence-corrected chi connectivity index (χ0v) is 15.5. The van der Waals surface area contributed by atoms with Crippen molar-refractivity contribution in [3.8, 4) is 5.75 Å². The van der Waals surface area contributed by atoms with E-state index in [1.165, 1.54) is 76.3 Å². The van der Waals surface area contributed by atoms with E-state index < -0.39 is 0 Å². The van der Waals surface area contributed by atoms with Gasteiger partial charge in [0.15, 0.2) is 0 Å². The highest BCUT2D eigenvalue weighted by Crippen LogP contribution is 2.42. The highest BCUT2D eigenvalue weighted by atomic mass is 19.1. The minimum atomic E-state index is -0.202. The van der Waals surface area contributed by atoms with Crippen LogP contribution in [0.15, 0.2) is 36.9 Å². The topological polar surface area (TPSA) is 9.23 Å². The van der Waals surface area contributed by atoms with Gasteiger partial charge in [0.05, 0.1) is 6.61 Å². The Bertz CT molecular complexity index is 507. The Morgan fingerprint density at radius 2 is 1.44 bits per heavy atom. The van der Waals surface area contributed by atoms with Crippen LogP contribution >= 0.6 is 0 Å². The molecule has 2 aliphatic carbocycles. The Hall–Kier alpha value is -1.31. The molecule has 0 aromatic heterocycles. The van der Waals surface area contributed by atoms with Gasteiger partial charge in [-0.15, -0.1) is 6.58 Å². The fraction of sp³-hybridized carbons (Fsp3) is 0.652. The Morgan fingerprint density at radius 3 is 2.00 bits per heavy atom. The van der Waals surface area contributed by atoms with Crippen LogP contribution in [0.2, 0.25) is 0 Å². The molecular weight excluding hydrogens is 311 g/mol. The third kappa shape index (κ3) is 5.59. The van der Waals surface area contributed by atoms with Crippen LogP contribution in [-0.2, 0) is 0 Å². The van der Waals surface area contributed by atoms with Gasteiger partial charge in [0.1, 0.15) is 11.6 Å². The summed E-state index contributed by atoms with van der Waals surface area (Å²) in [6.07, 6.45) is 15.7. The number of benzene rings is 1. The molecule has 0 radical (unpaired) electrons. The lowest BCUT2D eigenvalue weighted by Crippen LogP contribution is -2.27. The maximum atomic E-state index is 12.9. The molecule has 2 saturated carbocycles. The lowest BCUT2D eigenvalue weighted by atomic mass is 9.69. The summed E-state index contributed by atoms with van der Waals surface area (Å²) in [6.45, 7) is 4.64. The van der Waals surface area contributed by atoms with E-state index in [0.717, 1.165) is 30.1 Å². The summed E-state index contributed by atoms with van der Waals surface area (Å²) >= 11 is 0. The van der Waals surface area contributed by atoms with Gasteiger partial charge >= 0.3 is 0 Å². The quantitative estimate of drug-likeness (QED) is 0.495. The van der Waals surface area contributed by atoms with E-state index in [9.17, 15) is 4.39 Å². The Labute approximate surface area is 152 Å². The second-order valence-corrected chi connectivity index (χ2v) is 8.19. The molecule has 0 aliphatic heterocycles. The molecule has 0 amide bonds. The average molecular weight is 345 g/mol. The Balaban J connectivity index is 1.34. The zero-order chi connectivity index (χ0) is 17.5. The van der Waals surface area contributed by atoms with E-state index >= 15 is 0 Å². The first-order chi connectivity index (χ1) is 12.2. The largest absolute Gasteiger partial charge is 0.493 e. The minimum absolute atomic E-state index is 0.202. The van der Waals surface area contributed by atoms with Crippen LogP contribution in [-0.4, -0.2) is 6.61 Å². The predicted molar refractivity (Wildman–Crippen MR) is 102 cm³/mol. The van der Waals surface area contributed by atoms with Gasteiger partial charge < -0.3 is 4.74 Å². The zero-order valence-electron chi connectivity index (χ0n) is 15.5. The first-order valence-electron chi connectivity index (χ1n) is 10.2. The Kier molecular flexibility index (Phi) is 6.95. The molecule has 25 heavy (non-hydrogen) atoms. The summed E-state index contributed by atoms with van der Waals surface area (Å²) in [4.78, 5) is 0. The van der Waals surface area contributed by atoms with Crippen LogP contribution in [0.3, 0.4) is 0 Å². The molecule has 2 fully saturated rings. The molecule has 1 aromatic rings. The van der Waals surface area contributed by atoms with E-state index in [2.05, 4.69) is 12.7 Å². The van der Waals surface area contributed by atoms with Crippen molar-refractivity contribution in [3.05, 3.63) is 42.7 Å². The molecule has 3 rings (SSSR count). The molecule has 2 heteroatoms. The van der Waals surface area contributed by atoms with Crippen molar-refractivity contribution in [2.75, 3.05) is 6.61 Å². The van der Waals surface area contributed by atoms with Crippen molar-refractivity contribution in [1.82, 2.24) is 0 Å². The van der Waals surface area contributed by atoms with Gasteiger partial charge in [-0.25, -0.2) is 4.39 Å². The molecular formula is C23H33FO. The van der Waals surface area contributed by atoms with Crippen molar-refractivity contribution < 1.29 is 9.13 Å². The first kappa shape index (κ1) is 18.5. The number of ether oxygens (including phenoxy) is 1. The molecule has 0 unspecified atom stereocenters. The summed E-state index contributed by atoms with van der Waals surface area (Å²) in [6, 6.07) is 6.40. The van der Waals surface area contributed by atoms with Gasteiger partial charge in [0, 0.05) is 0 Å². The fourth-order valence-corrected chi connectivity index (χ4v) is 4.87. The standard InChI is InChI=1S/C23H33FO/c1-2-3-4-18-5-9-20(10-6-18)21-11-7-19(8-12-21)17-25-23-15-13-22(24)14-16-23/h2,13-16,18-21H,1,3-12,17H2. The van der Waals surface area contributed by atoms with Gasteiger partial charge in [-0.05, 0) is 99.3 Å². The molecule has 0 saturated heterocycles.